The van der Waals surface area contributed by atoms with Crippen molar-refractivity contribution in [3.63, 3.8) is 0 Å². The van der Waals surface area contributed by atoms with E-state index in [1.165, 1.54) is 7.11 Å². The zero-order valence-electron chi connectivity index (χ0n) is 21.3. The number of methoxy groups -OCH3 is 1. The van der Waals surface area contributed by atoms with Gasteiger partial charge in [-0.15, -0.1) is 0 Å². The zero-order valence-corrected chi connectivity index (χ0v) is 21.3. The smallest absolute Gasteiger partial charge is 0.338 e. The Morgan fingerprint density at radius 2 is 1.57 bits per heavy atom. The highest BCUT2D eigenvalue weighted by Gasteiger charge is 2.14. The third kappa shape index (κ3) is 9.39. The summed E-state index contributed by atoms with van der Waals surface area (Å²) in [5, 5.41) is 2.76. The molecule has 1 N–H and O–H groups in total. The highest BCUT2D eigenvalue weighted by Crippen LogP contribution is 2.29. The molecule has 2 rings (SSSR count). The number of amides is 1. The minimum absolute atomic E-state index is 0.281. The summed E-state index contributed by atoms with van der Waals surface area (Å²) in [5.41, 5.74) is 1.28. The summed E-state index contributed by atoms with van der Waals surface area (Å²) in [4.78, 5) is 24.5. The molecule has 0 bridgehead atoms. The minimum atomic E-state index is -0.611. The normalized spacial score (nSPS) is 10.6. The summed E-state index contributed by atoms with van der Waals surface area (Å²) in [6, 6.07) is 10.5. The van der Waals surface area contributed by atoms with Crippen LogP contribution in [-0.4, -0.2) is 52.0 Å². The molecule has 192 valence electrons. The summed E-state index contributed by atoms with van der Waals surface area (Å²) in [6.45, 7) is 9.73. The second-order valence-corrected chi connectivity index (χ2v) is 8.22. The summed E-state index contributed by atoms with van der Waals surface area (Å²) in [6.07, 6.45) is 1.51. The van der Waals surface area contributed by atoms with E-state index in [1.807, 2.05) is 32.0 Å². The van der Waals surface area contributed by atoms with Crippen LogP contribution in [-0.2, 0) is 16.0 Å². The quantitative estimate of drug-likeness (QED) is 0.372. The number of carbonyl (C=O) groups is 2. The number of benzene rings is 2. The van der Waals surface area contributed by atoms with E-state index in [0.717, 1.165) is 12.0 Å². The molecule has 0 aromatic heterocycles. The lowest BCUT2D eigenvalue weighted by atomic mass is 10.1. The van der Waals surface area contributed by atoms with Crippen molar-refractivity contribution in [2.75, 3.05) is 40.1 Å². The van der Waals surface area contributed by atoms with Crippen LogP contribution < -0.4 is 24.3 Å². The molecule has 0 saturated heterocycles. The molecule has 0 fully saturated rings. The second kappa shape index (κ2) is 14.8. The van der Waals surface area contributed by atoms with Crippen LogP contribution in [0, 0.1) is 5.92 Å². The van der Waals surface area contributed by atoms with Gasteiger partial charge in [0, 0.05) is 6.54 Å². The van der Waals surface area contributed by atoms with Crippen LogP contribution in [0.25, 0.3) is 0 Å². The number of esters is 1. The summed E-state index contributed by atoms with van der Waals surface area (Å²) < 4.78 is 27.4. The third-order valence-electron chi connectivity index (χ3n) is 5.03. The highest BCUT2D eigenvalue weighted by molar-refractivity contribution is 5.92. The first kappa shape index (κ1) is 27.8. The standard InChI is InChI=1S/C27H37NO7/c1-6-32-23-10-8-20(16-25(23)33-7-2)12-14-28-26(29)18-35-27(30)21-9-11-22(24(17-21)31-5)34-15-13-19(3)4/h8-11,16-17,19H,6-7,12-15,18H2,1-5H3,(H,28,29). The fourth-order valence-corrected chi connectivity index (χ4v) is 3.18. The van der Waals surface area contributed by atoms with Crippen molar-refractivity contribution in [3.8, 4) is 23.0 Å². The van der Waals surface area contributed by atoms with Crippen LogP contribution >= 0.6 is 0 Å². The van der Waals surface area contributed by atoms with E-state index in [0.29, 0.717) is 61.7 Å². The SMILES string of the molecule is CCOc1ccc(CCNC(=O)COC(=O)c2ccc(OCCC(C)C)c(OC)c2)cc1OCC. The van der Waals surface area contributed by atoms with Gasteiger partial charge in [-0.25, -0.2) is 4.79 Å². The molecule has 8 heteroatoms. The Morgan fingerprint density at radius 3 is 2.26 bits per heavy atom. The predicted octanol–water partition coefficient (Wildman–Crippen LogP) is 4.43. The molecule has 0 aliphatic heterocycles. The molecule has 0 aliphatic carbocycles. The maximum atomic E-state index is 12.4. The van der Waals surface area contributed by atoms with Crippen molar-refractivity contribution >= 4 is 11.9 Å². The molecule has 0 aliphatic rings. The van der Waals surface area contributed by atoms with Crippen LogP contribution in [0.1, 0.15) is 50.0 Å². The largest absolute Gasteiger partial charge is 0.493 e. The molecule has 35 heavy (non-hydrogen) atoms. The maximum Gasteiger partial charge on any atom is 0.338 e. The molecular formula is C27H37NO7. The van der Waals surface area contributed by atoms with E-state index in [-0.39, 0.29) is 18.1 Å². The van der Waals surface area contributed by atoms with Crippen molar-refractivity contribution in [1.29, 1.82) is 0 Å². The number of carbonyl (C=O) groups excluding carboxylic acids is 2. The van der Waals surface area contributed by atoms with Gasteiger partial charge in [0.15, 0.2) is 29.6 Å². The Morgan fingerprint density at radius 1 is 0.886 bits per heavy atom. The number of ether oxygens (including phenoxy) is 5. The Kier molecular flexibility index (Phi) is 11.7. The molecule has 0 saturated carbocycles. The van der Waals surface area contributed by atoms with E-state index in [9.17, 15) is 9.59 Å². The van der Waals surface area contributed by atoms with Gasteiger partial charge in [-0.05, 0) is 68.5 Å². The first-order chi connectivity index (χ1) is 16.9. The lowest BCUT2D eigenvalue weighted by Crippen LogP contribution is -2.30. The minimum Gasteiger partial charge on any atom is -0.493 e. The first-order valence-corrected chi connectivity index (χ1v) is 12.0. The van der Waals surface area contributed by atoms with Crippen molar-refractivity contribution < 1.29 is 33.3 Å². The summed E-state index contributed by atoms with van der Waals surface area (Å²) in [5.74, 6) is 1.91. The average Bonchev–Trinajstić information content (AvgIpc) is 2.84. The molecule has 0 radical (unpaired) electrons. The molecular weight excluding hydrogens is 450 g/mol. The monoisotopic (exact) mass is 487 g/mol. The topological polar surface area (TPSA) is 92.3 Å². The van der Waals surface area contributed by atoms with Crippen molar-refractivity contribution in [2.24, 2.45) is 5.92 Å². The highest BCUT2D eigenvalue weighted by atomic mass is 16.5. The molecule has 0 atom stereocenters. The van der Waals surface area contributed by atoms with E-state index >= 15 is 0 Å². The average molecular weight is 488 g/mol. The number of rotatable bonds is 15. The van der Waals surface area contributed by atoms with Gasteiger partial charge in [-0.2, -0.15) is 0 Å². The molecule has 0 heterocycles. The van der Waals surface area contributed by atoms with Gasteiger partial charge in [0.05, 0.1) is 32.5 Å². The second-order valence-electron chi connectivity index (χ2n) is 8.22. The Balaban J connectivity index is 1.81. The first-order valence-electron chi connectivity index (χ1n) is 12.0. The molecule has 2 aromatic carbocycles. The van der Waals surface area contributed by atoms with Gasteiger partial charge in [0.1, 0.15) is 0 Å². The molecule has 2 aromatic rings. The van der Waals surface area contributed by atoms with Gasteiger partial charge < -0.3 is 29.0 Å². The lowest BCUT2D eigenvalue weighted by molar-refractivity contribution is -0.124. The third-order valence-corrected chi connectivity index (χ3v) is 5.03. The Labute approximate surface area is 207 Å². The fourth-order valence-electron chi connectivity index (χ4n) is 3.18. The number of hydrogen-bond donors (Lipinski definition) is 1. The fraction of sp³-hybridized carbons (Fsp3) is 0.481. The van der Waals surface area contributed by atoms with Crippen LogP contribution in [0.15, 0.2) is 36.4 Å². The summed E-state index contributed by atoms with van der Waals surface area (Å²) in [7, 11) is 1.51. The molecule has 0 unspecified atom stereocenters. The Hall–Kier alpha value is -3.42. The van der Waals surface area contributed by atoms with E-state index in [4.69, 9.17) is 23.7 Å². The molecule has 0 spiro atoms. The van der Waals surface area contributed by atoms with Crippen molar-refractivity contribution in [2.45, 2.75) is 40.5 Å². The van der Waals surface area contributed by atoms with Gasteiger partial charge in [0.2, 0.25) is 0 Å². The van der Waals surface area contributed by atoms with Crippen LogP contribution in [0.3, 0.4) is 0 Å². The van der Waals surface area contributed by atoms with Crippen LogP contribution in [0.5, 0.6) is 23.0 Å². The van der Waals surface area contributed by atoms with E-state index in [2.05, 4.69) is 19.2 Å². The van der Waals surface area contributed by atoms with Gasteiger partial charge >= 0.3 is 5.97 Å². The van der Waals surface area contributed by atoms with Crippen LogP contribution in [0.4, 0.5) is 0 Å². The molecule has 8 nitrogen and oxygen atoms in total. The molecule has 1 amide bonds. The number of hydrogen-bond acceptors (Lipinski definition) is 7. The Bertz CT molecular complexity index is 959. The lowest BCUT2D eigenvalue weighted by Gasteiger charge is -2.13. The number of nitrogens with one attached hydrogen (secondary N) is 1. The van der Waals surface area contributed by atoms with Crippen molar-refractivity contribution in [3.05, 3.63) is 47.5 Å². The predicted molar refractivity (Wildman–Crippen MR) is 134 cm³/mol. The van der Waals surface area contributed by atoms with Gasteiger partial charge in [-0.3, -0.25) is 4.79 Å². The maximum absolute atomic E-state index is 12.4. The van der Waals surface area contributed by atoms with Gasteiger partial charge in [0.25, 0.3) is 5.91 Å². The van der Waals surface area contributed by atoms with E-state index in [1.54, 1.807) is 18.2 Å². The van der Waals surface area contributed by atoms with E-state index < -0.39 is 5.97 Å². The summed E-state index contributed by atoms with van der Waals surface area (Å²) >= 11 is 0. The zero-order chi connectivity index (χ0) is 25.6. The van der Waals surface area contributed by atoms with Crippen LogP contribution in [0.2, 0.25) is 0 Å². The van der Waals surface area contributed by atoms with Crippen molar-refractivity contribution in [1.82, 2.24) is 5.32 Å². The van der Waals surface area contributed by atoms with Gasteiger partial charge in [-0.1, -0.05) is 19.9 Å².